The van der Waals surface area contributed by atoms with Gasteiger partial charge in [-0.15, -0.1) is 0 Å². The molecule has 7 heteroatoms. The molecule has 0 unspecified atom stereocenters. The van der Waals surface area contributed by atoms with Gasteiger partial charge in [0.15, 0.2) is 0 Å². The van der Waals surface area contributed by atoms with Gasteiger partial charge in [-0.2, -0.15) is 12.6 Å². The molecular weight excluding hydrogens is 306 g/mol. The van der Waals surface area contributed by atoms with Crippen LogP contribution in [0.5, 0.6) is 0 Å². The molecule has 0 saturated carbocycles. The van der Waals surface area contributed by atoms with Crippen molar-refractivity contribution < 1.29 is 9.31 Å². The Morgan fingerprint density at radius 2 is 1.95 bits per heavy atom. The molecular formula is C14H20BClN2O2S. The Morgan fingerprint density at radius 3 is 2.48 bits per heavy atom. The van der Waals surface area contributed by atoms with Crippen LogP contribution in [0.4, 0.5) is 5.69 Å². The number of nitrogens with zero attached hydrogens (tertiary/aromatic N) is 1. The van der Waals surface area contributed by atoms with Crippen molar-refractivity contribution in [3.8, 4) is 0 Å². The Hall–Kier alpha value is -0.685. The van der Waals surface area contributed by atoms with Gasteiger partial charge in [0.2, 0.25) is 0 Å². The van der Waals surface area contributed by atoms with E-state index in [9.17, 15) is 0 Å². The highest BCUT2D eigenvalue weighted by Gasteiger charge is 2.52. The standard InChI is InChI=1S/C14H20BClN2O2S/c1-13(2)14(3,4)20-15(19-13)10(8-21)5-9-6-11(17)7-18-12(9)16/h5-7,21H,8,17H2,1-4H3. The molecule has 2 N–H and O–H groups in total. The van der Waals surface area contributed by atoms with Crippen molar-refractivity contribution in [3.63, 3.8) is 0 Å². The van der Waals surface area contributed by atoms with Crippen LogP contribution < -0.4 is 5.73 Å². The second-order valence-corrected chi connectivity index (χ2v) is 6.79. The average Bonchev–Trinajstić information content (AvgIpc) is 2.59. The minimum Gasteiger partial charge on any atom is -0.400 e. The number of aromatic nitrogens is 1. The fourth-order valence-corrected chi connectivity index (χ4v) is 2.36. The van der Waals surface area contributed by atoms with Gasteiger partial charge in [-0.05, 0) is 39.2 Å². The number of halogens is 1. The summed E-state index contributed by atoms with van der Waals surface area (Å²) in [5.41, 5.74) is 7.14. The van der Waals surface area contributed by atoms with Crippen LogP contribution in [0.3, 0.4) is 0 Å². The number of hydrogen-bond acceptors (Lipinski definition) is 5. The van der Waals surface area contributed by atoms with Gasteiger partial charge >= 0.3 is 7.12 Å². The molecule has 1 aromatic heterocycles. The number of rotatable bonds is 3. The van der Waals surface area contributed by atoms with E-state index in [1.807, 2.05) is 33.8 Å². The smallest absolute Gasteiger partial charge is 0.400 e. The van der Waals surface area contributed by atoms with Crippen LogP contribution in [-0.2, 0) is 9.31 Å². The van der Waals surface area contributed by atoms with E-state index in [2.05, 4.69) is 17.6 Å². The van der Waals surface area contributed by atoms with Gasteiger partial charge < -0.3 is 15.0 Å². The molecule has 1 aliphatic rings. The van der Waals surface area contributed by atoms with Gasteiger partial charge in [0.1, 0.15) is 5.15 Å². The molecule has 0 aromatic carbocycles. The fraction of sp³-hybridized carbons (Fsp3) is 0.500. The van der Waals surface area contributed by atoms with Gasteiger partial charge in [-0.25, -0.2) is 4.98 Å². The molecule has 1 fully saturated rings. The highest BCUT2D eigenvalue weighted by molar-refractivity contribution is 7.80. The van der Waals surface area contributed by atoms with Crippen molar-refractivity contribution in [1.29, 1.82) is 0 Å². The highest BCUT2D eigenvalue weighted by Crippen LogP contribution is 2.39. The minimum absolute atomic E-state index is 0.389. The summed E-state index contributed by atoms with van der Waals surface area (Å²) >= 11 is 10.5. The third-order valence-electron chi connectivity index (χ3n) is 3.97. The summed E-state index contributed by atoms with van der Waals surface area (Å²) < 4.78 is 12.1. The van der Waals surface area contributed by atoms with Crippen LogP contribution in [0.1, 0.15) is 33.3 Å². The number of nitrogen functional groups attached to an aromatic ring is 1. The molecule has 0 bridgehead atoms. The lowest BCUT2D eigenvalue weighted by molar-refractivity contribution is 0.00578. The molecule has 0 amide bonds. The second-order valence-electron chi connectivity index (χ2n) is 6.11. The quantitative estimate of drug-likeness (QED) is 0.508. The summed E-state index contributed by atoms with van der Waals surface area (Å²) in [6.45, 7) is 8.05. The first kappa shape index (κ1) is 16.7. The van der Waals surface area contributed by atoms with Gasteiger partial charge in [-0.1, -0.05) is 17.7 Å². The monoisotopic (exact) mass is 326 g/mol. The zero-order valence-electron chi connectivity index (χ0n) is 12.7. The van der Waals surface area contributed by atoms with Crippen LogP contribution >= 0.6 is 24.2 Å². The summed E-state index contributed by atoms with van der Waals surface area (Å²) in [5.74, 6) is 0.488. The van der Waals surface area contributed by atoms with Crippen molar-refractivity contribution in [2.45, 2.75) is 38.9 Å². The Morgan fingerprint density at radius 1 is 1.38 bits per heavy atom. The SMILES string of the molecule is CC1(C)OB(C(=Cc2cc(N)cnc2Cl)CS)OC1(C)C. The maximum Gasteiger partial charge on any atom is 0.491 e. The van der Waals surface area contributed by atoms with Crippen LogP contribution in [0, 0.1) is 0 Å². The third-order valence-corrected chi connectivity index (χ3v) is 4.65. The molecule has 4 nitrogen and oxygen atoms in total. The summed E-state index contributed by atoms with van der Waals surface area (Å²) in [5, 5.41) is 0.389. The average molecular weight is 327 g/mol. The molecule has 0 spiro atoms. The Balaban J connectivity index is 2.33. The summed E-state index contributed by atoms with van der Waals surface area (Å²) in [4.78, 5) is 4.04. The molecule has 2 heterocycles. The van der Waals surface area contributed by atoms with Gasteiger partial charge in [0.05, 0.1) is 23.1 Å². The lowest BCUT2D eigenvalue weighted by Crippen LogP contribution is -2.41. The third kappa shape index (κ3) is 3.39. The van der Waals surface area contributed by atoms with E-state index >= 15 is 0 Å². The van der Waals surface area contributed by atoms with E-state index in [1.165, 1.54) is 6.20 Å². The molecule has 114 valence electrons. The van der Waals surface area contributed by atoms with E-state index in [4.69, 9.17) is 26.6 Å². The topological polar surface area (TPSA) is 57.4 Å². The first-order valence-corrected chi connectivity index (χ1v) is 7.75. The fourth-order valence-electron chi connectivity index (χ4n) is 1.97. The normalized spacial score (nSPS) is 20.9. The van der Waals surface area contributed by atoms with Crippen molar-refractivity contribution in [2.75, 3.05) is 11.5 Å². The second kappa shape index (κ2) is 5.84. The molecule has 0 atom stereocenters. The lowest BCUT2D eigenvalue weighted by Gasteiger charge is -2.32. The largest absolute Gasteiger partial charge is 0.491 e. The summed E-state index contributed by atoms with van der Waals surface area (Å²) in [6, 6.07) is 1.77. The van der Waals surface area contributed by atoms with E-state index in [1.54, 1.807) is 6.07 Å². The van der Waals surface area contributed by atoms with Crippen LogP contribution in [0.25, 0.3) is 6.08 Å². The van der Waals surface area contributed by atoms with Gasteiger partial charge in [0.25, 0.3) is 0 Å². The number of pyridine rings is 1. The molecule has 2 rings (SSSR count). The van der Waals surface area contributed by atoms with Crippen molar-refractivity contribution in [1.82, 2.24) is 4.98 Å². The predicted octanol–water partition coefficient (Wildman–Crippen LogP) is 3.26. The minimum atomic E-state index is -0.454. The maximum atomic E-state index is 6.10. The predicted molar refractivity (Wildman–Crippen MR) is 91.6 cm³/mol. The number of nitrogens with two attached hydrogens (primary N) is 1. The Labute approximate surface area is 136 Å². The molecule has 0 radical (unpaired) electrons. The van der Waals surface area contributed by atoms with Gasteiger partial charge in [-0.3, -0.25) is 0 Å². The Kier molecular flexibility index (Phi) is 4.64. The number of thiol groups is 1. The Bertz CT molecular complexity index is 562. The van der Waals surface area contributed by atoms with Crippen molar-refractivity contribution in [3.05, 3.63) is 28.5 Å². The van der Waals surface area contributed by atoms with E-state index in [0.29, 0.717) is 16.6 Å². The van der Waals surface area contributed by atoms with Crippen molar-refractivity contribution in [2.24, 2.45) is 0 Å². The summed E-state index contributed by atoms with van der Waals surface area (Å²) in [6.07, 6.45) is 3.40. The van der Waals surface area contributed by atoms with E-state index in [-0.39, 0.29) is 0 Å². The molecule has 1 aliphatic heterocycles. The molecule has 0 aliphatic carbocycles. The zero-order valence-corrected chi connectivity index (χ0v) is 14.3. The molecule has 21 heavy (non-hydrogen) atoms. The summed E-state index contributed by atoms with van der Waals surface area (Å²) in [7, 11) is -0.454. The lowest BCUT2D eigenvalue weighted by atomic mass is 9.78. The molecule has 1 aromatic rings. The van der Waals surface area contributed by atoms with Crippen LogP contribution in [0.15, 0.2) is 17.7 Å². The zero-order chi connectivity index (χ0) is 15.8. The van der Waals surface area contributed by atoms with Crippen LogP contribution in [0.2, 0.25) is 5.15 Å². The molecule has 1 saturated heterocycles. The number of anilines is 1. The maximum absolute atomic E-state index is 6.10. The first-order valence-electron chi connectivity index (χ1n) is 6.74. The first-order chi connectivity index (χ1) is 9.66. The van der Waals surface area contributed by atoms with Crippen LogP contribution in [-0.4, -0.2) is 29.1 Å². The van der Waals surface area contributed by atoms with E-state index in [0.717, 1.165) is 11.0 Å². The van der Waals surface area contributed by atoms with E-state index < -0.39 is 18.3 Å². The highest BCUT2D eigenvalue weighted by atomic mass is 35.5. The number of hydrogen-bond donors (Lipinski definition) is 2. The van der Waals surface area contributed by atoms with Gasteiger partial charge in [0, 0.05) is 11.3 Å². The van der Waals surface area contributed by atoms with Crippen molar-refractivity contribution >= 4 is 43.1 Å².